The molecular formula is C10H18N4O3. The van der Waals surface area contributed by atoms with Crippen molar-refractivity contribution in [2.45, 2.75) is 44.9 Å². The van der Waals surface area contributed by atoms with Crippen LogP contribution in [-0.4, -0.2) is 42.8 Å². The third-order valence-electron chi connectivity index (χ3n) is 2.29. The standard InChI is InChI=1S/C10H18N4O3/c1-10(2,17)3-4-14-6-7(12-13-14)5-8(11)9(15)16/h6,8,17H,3-5,11H2,1-2H3,(H,15,16). The number of hydrogen-bond acceptors (Lipinski definition) is 5. The van der Waals surface area contributed by atoms with Gasteiger partial charge in [-0.2, -0.15) is 0 Å². The molecular weight excluding hydrogens is 224 g/mol. The molecule has 0 saturated carbocycles. The highest BCUT2D eigenvalue weighted by molar-refractivity contribution is 5.73. The Balaban J connectivity index is 2.51. The van der Waals surface area contributed by atoms with Gasteiger partial charge in [0.15, 0.2) is 0 Å². The molecule has 0 saturated heterocycles. The minimum Gasteiger partial charge on any atom is -0.480 e. The van der Waals surface area contributed by atoms with Gasteiger partial charge in [-0.25, -0.2) is 0 Å². The molecule has 1 rings (SSSR count). The summed E-state index contributed by atoms with van der Waals surface area (Å²) in [4.78, 5) is 10.6. The van der Waals surface area contributed by atoms with Crippen LogP contribution in [0.5, 0.6) is 0 Å². The summed E-state index contributed by atoms with van der Waals surface area (Å²) in [5.41, 5.74) is 5.16. The first kappa shape index (κ1) is 13.6. The average molecular weight is 242 g/mol. The molecule has 0 aliphatic rings. The van der Waals surface area contributed by atoms with Crippen molar-refractivity contribution in [3.05, 3.63) is 11.9 Å². The van der Waals surface area contributed by atoms with Gasteiger partial charge in [0, 0.05) is 19.2 Å². The summed E-state index contributed by atoms with van der Waals surface area (Å²) in [5.74, 6) is -1.06. The van der Waals surface area contributed by atoms with Crippen LogP contribution in [0.25, 0.3) is 0 Å². The third-order valence-corrected chi connectivity index (χ3v) is 2.29. The summed E-state index contributed by atoms with van der Waals surface area (Å²) in [5, 5.41) is 25.9. The molecule has 0 aliphatic heterocycles. The van der Waals surface area contributed by atoms with Gasteiger partial charge >= 0.3 is 5.97 Å². The number of aromatic nitrogens is 3. The molecule has 1 unspecified atom stereocenters. The van der Waals surface area contributed by atoms with Crippen molar-refractivity contribution in [1.29, 1.82) is 0 Å². The van der Waals surface area contributed by atoms with Crippen LogP contribution in [0, 0.1) is 0 Å². The van der Waals surface area contributed by atoms with E-state index < -0.39 is 17.6 Å². The molecule has 1 aromatic heterocycles. The summed E-state index contributed by atoms with van der Waals surface area (Å²) in [6.07, 6.45) is 2.34. The van der Waals surface area contributed by atoms with E-state index in [1.54, 1.807) is 24.7 Å². The number of rotatable bonds is 6. The van der Waals surface area contributed by atoms with Crippen molar-refractivity contribution in [1.82, 2.24) is 15.0 Å². The van der Waals surface area contributed by atoms with Gasteiger partial charge in [0.25, 0.3) is 0 Å². The topological polar surface area (TPSA) is 114 Å². The fraction of sp³-hybridized carbons (Fsp3) is 0.700. The highest BCUT2D eigenvalue weighted by Gasteiger charge is 2.16. The lowest BCUT2D eigenvalue weighted by atomic mass is 10.1. The number of nitrogens with two attached hydrogens (primary N) is 1. The predicted molar refractivity (Wildman–Crippen MR) is 60.3 cm³/mol. The van der Waals surface area contributed by atoms with Gasteiger partial charge in [-0.3, -0.25) is 9.48 Å². The molecule has 1 aromatic rings. The molecule has 0 amide bonds. The van der Waals surface area contributed by atoms with E-state index in [1.165, 1.54) is 0 Å². The first-order chi connectivity index (χ1) is 7.78. The summed E-state index contributed by atoms with van der Waals surface area (Å²) in [6.45, 7) is 3.95. The van der Waals surface area contributed by atoms with Crippen LogP contribution in [0.15, 0.2) is 6.20 Å². The van der Waals surface area contributed by atoms with E-state index in [-0.39, 0.29) is 6.42 Å². The molecule has 17 heavy (non-hydrogen) atoms. The summed E-state index contributed by atoms with van der Waals surface area (Å²) >= 11 is 0. The zero-order valence-corrected chi connectivity index (χ0v) is 10.00. The Morgan fingerprint density at radius 1 is 1.65 bits per heavy atom. The lowest BCUT2D eigenvalue weighted by molar-refractivity contribution is -0.138. The van der Waals surface area contributed by atoms with Crippen LogP contribution >= 0.6 is 0 Å². The fourth-order valence-corrected chi connectivity index (χ4v) is 1.24. The molecule has 7 heteroatoms. The van der Waals surface area contributed by atoms with Crippen LogP contribution in [-0.2, 0) is 17.8 Å². The number of aryl methyl sites for hydroxylation is 1. The van der Waals surface area contributed by atoms with Crippen LogP contribution in [0.2, 0.25) is 0 Å². The van der Waals surface area contributed by atoms with Crippen molar-refractivity contribution in [3.8, 4) is 0 Å². The highest BCUT2D eigenvalue weighted by Crippen LogP contribution is 2.08. The van der Waals surface area contributed by atoms with Gasteiger partial charge in [-0.05, 0) is 20.3 Å². The number of aliphatic carboxylic acids is 1. The van der Waals surface area contributed by atoms with Crippen LogP contribution in [0.1, 0.15) is 26.0 Å². The van der Waals surface area contributed by atoms with Crippen LogP contribution < -0.4 is 5.73 Å². The minimum atomic E-state index is -1.06. The van der Waals surface area contributed by atoms with E-state index >= 15 is 0 Å². The second kappa shape index (κ2) is 5.24. The average Bonchev–Trinajstić information content (AvgIpc) is 2.61. The lowest BCUT2D eigenvalue weighted by Gasteiger charge is -2.15. The van der Waals surface area contributed by atoms with E-state index in [9.17, 15) is 9.90 Å². The lowest BCUT2D eigenvalue weighted by Crippen LogP contribution is -2.32. The van der Waals surface area contributed by atoms with Crippen LogP contribution in [0.3, 0.4) is 0 Å². The second-order valence-corrected chi connectivity index (χ2v) is 4.68. The van der Waals surface area contributed by atoms with Crippen molar-refractivity contribution in [2.24, 2.45) is 5.73 Å². The van der Waals surface area contributed by atoms with E-state index in [1.807, 2.05) is 0 Å². The zero-order valence-electron chi connectivity index (χ0n) is 10.00. The molecule has 96 valence electrons. The van der Waals surface area contributed by atoms with Gasteiger partial charge < -0.3 is 15.9 Å². The minimum absolute atomic E-state index is 0.151. The van der Waals surface area contributed by atoms with Crippen LogP contribution in [0.4, 0.5) is 0 Å². The SMILES string of the molecule is CC(C)(O)CCn1cc(CC(N)C(=O)O)nn1. The molecule has 0 aliphatic carbocycles. The molecule has 1 atom stereocenters. The van der Waals surface area contributed by atoms with E-state index in [0.29, 0.717) is 18.7 Å². The molecule has 0 aromatic carbocycles. The number of carbonyl (C=O) groups is 1. The molecule has 7 nitrogen and oxygen atoms in total. The number of aliphatic hydroxyl groups is 1. The Hall–Kier alpha value is -1.47. The Kier molecular flexibility index (Phi) is 4.19. The third kappa shape index (κ3) is 4.92. The Morgan fingerprint density at radius 3 is 2.82 bits per heavy atom. The molecule has 1 heterocycles. The van der Waals surface area contributed by atoms with E-state index in [2.05, 4.69) is 10.3 Å². The zero-order chi connectivity index (χ0) is 13.1. The first-order valence-corrected chi connectivity index (χ1v) is 5.38. The maximum Gasteiger partial charge on any atom is 0.320 e. The summed E-state index contributed by atoms with van der Waals surface area (Å²) in [7, 11) is 0. The second-order valence-electron chi connectivity index (χ2n) is 4.68. The smallest absolute Gasteiger partial charge is 0.320 e. The van der Waals surface area contributed by atoms with Gasteiger partial charge in [-0.15, -0.1) is 5.10 Å². The molecule has 0 radical (unpaired) electrons. The van der Waals surface area contributed by atoms with E-state index in [0.717, 1.165) is 0 Å². The van der Waals surface area contributed by atoms with Gasteiger partial charge in [0.2, 0.25) is 0 Å². The van der Waals surface area contributed by atoms with Gasteiger partial charge in [0.05, 0.1) is 11.3 Å². The maximum atomic E-state index is 10.6. The van der Waals surface area contributed by atoms with Crippen molar-refractivity contribution < 1.29 is 15.0 Å². The predicted octanol–water partition coefficient (Wildman–Crippen LogP) is -0.606. The maximum absolute atomic E-state index is 10.6. The number of carboxylic acid groups (broad SMARTS) is 1. The molecule has 0 fully saturated rings. The molecule has 0 bridgehead atoms. The van der Waals surface area contributed by atoms with Gasteiger partial charge in [-0.1, -0.05) is 5.21 Å². The number of hydrogen-bond donors (Lipinski definition) is 3. The first-order valence-electron chi connectivity index (χ1n) is 5.38. The number of nitrogens with zero attached hydrogens (tertiary/aromatic N) is 3. The van der Waals surface area contributed by atoms with E-state index in [4.69, 9.17) is 10.8 Å². The monoisotopic (exact) mass is 242 g/mol. The van der Waals surface area contributed by atoms with Gasteiger partial charge in [0.1, 0.15) is 6.04 Å². The normalized spacial score (nSPS) is 13.6. The quantitative estimate of drug-likeness (QED) is 0.613. The van der Waals surface area contributed by atoms with Crippen molar-refractivity contribution in [3.63, 3.8) is 0 Å². The largest absolute Gasteiger partial charge is 0.480 e. The highest BCUT2D eigenvalue weighted by atomic mass is 16.4. The fourth-order valence-electron chi connectivity index (χ4n) is 1.24. The van der Waals surface area contributed by atoms with Crippen molar-refractivity contribution >= 4 is 5.97 Å². The summed E-state index contributed by atoms with van der Waals surface area (Å²) in [6, 6.07) is -0.963. The molecule has 0 spiro atoms. The van der Waals surface area contributed by atoms with Crippen molar-refractivity contribution in [2.75, 3.05) is 0 Å². The summed E-state index contributed by atoms with van der Waals surface area (Å²) < 4.78 is 1.57. The Labute approximate surface area is 99.2 Å². The Morgan fingerprint density at radius 2 is 2.29 bits per heavy atom. The molecule has 4 N–H and O–H groups in total. The Bertz CT molecular complexity index is 383. The number of carboxylic acids is 1.